The molecule has 0 heterocycles. The number of benzene rings is 1. The average Bonchev–Trinajstić information content (AvgIpc) is 2.39. The number of hydrogen-bond acceptors (Lipinski definition) is 2. The van der Waals surface area contributed by atoms with Crippen molar-refractivity contribution in [2.24, 2.45) is 11.8 Å². The molecule has 0 aromatic heterocycles. The van der Waals surface area contributed by atoms with Crippen LogP contribution in [0.5, 0.6) is 0 Å². The Morgan fingerprint density at radius 2 is 1.85 bits per heavy atom. The highest BCUT2D eigenvalue weighted by molar-refractivity contribution is 6.33. The molecule has 1 saturated carbocycles. The first-order valence-corrected chi connectivity index (χ1v) is 7.65. The fourth-order valence-corrected chi connectivity index (χ4v) is 3.38. The van der Waals surface area contributed by atoms with Crippen LogP contribution < -0.4 is 10.6 Å². The lowest BCUT2D eigenvalue weighted by atomic mass is 9.80. The molecule has 0 spiro atoms. The van der Waals surface area contributed by atoms with Gasteiger partial charge in [-0.15, -0.1) is 0 Å². The Morgan fingerprint density at radius 1 is 1.20 bits per heavy atom. The van der Waals surface area contributed by atoms with Gasteiger partial charge in [0, 0.05) is 18.7 Å². The van der Waals surface area contributed by atoms with Gasteiger partial charge in [-0.2, -0.15) is 0 Å². The Balaban J connectivity index is 2.13. The largest absolute Gasteiger partial charge is 0.381 e. The number of nitrogens with one attached hydrogen (secondary N) is 2. The summed E-state index contributed by atoms with van der Waals surface area (Å²) < 4.78 is 0. The maximum atomic E-state index is 11.7. The van der Waals surface area contributed by atoms with Crippen LogP contribution in [0.4, 0.5) is 5.69 Å². The zero-order chi connectivity index (χ0) is 14.7. The van der Waals surface area contributed by atoms with Gasteiger partial charge in [0.15, 0.2) is 0 Å². The minimum absolute atomic E-state index is 0.0879. The van der Waals surface area contributed by atoms with E-state index in [1.165, 1.54) is 6.42 Å². The summed E-state index contributed by atoms with van der Waals surface area (Å²) in [5.74, 6) is 1.38. The minimum atomic E-state index is -0.0879. The highest BCUT2D eigenvalue weighted by Gasteiger charge is 2.24. The monoisotopic (exact) mass is 294 g/mol. The van der Waals surface area contributed by atoms with Crippen LogP contribution in [0, 0.1) is 11.8 Å². The normalized spacial score (nSPS) is 26.1. The summed E-state index contributed by atoms with van der Waals surface area (Å²) >= 11 is 6.24. The van der Waals surface area contributed by atoms with Crippen molar-refractivity contribution in [1.29, 1.82) is 0 Å². The summed E-state index contributed by atoms with van der Waals surface area (Å²) in [6.45, 7) is 4.60. The van der Waals surface area contributed by atoms with Crippen molar-refractivity contribution in [1.82, 2.24) is 5.32 Å². The second-order valence-corrected chi connectivity index (χ2v) is 6.44. The Morgan fingerprint density at radius 3 is 2.45 bits per heavy atom. The number of halogens is 1. The first-order chi connectivity index (χ1) is 9.49. The van der Waals surface area contributed by atoms with E-state index in [0.717, 1.165) is 30.4 Å². The molecule has 1 amide bonds. The predicted octanol–water partition coefficient (Wildman–Crippen LogP) is 3.94. The molecule has 1 fully saturated rings. The molecule has 2 atom stereocenters. The van der Waals surface area contributed by atoms with Crippen LogP contribution >= 0.6 is 11.6 Å². The zero-order valence-electron chi connectivity index (χ0n) is 12.4. The molecule has 20 heavy (non-hydrogen) atoms. The van der Waals surface area contributed by atoms with Crippen LogP contribution in [0.2, 0.25) is 5.02 Å². The molecule has 110 valence electrons. The Hall–Kier alpha value is -1.22. The Labute approximate surface area is 126 Å². The second kappa shape index (κ2) is 6.49. The van der Waals surface area contributed by atoms with Gasteiger partial charge in [-0.05, 0) is 49.3 Å². The van der Waals surface area contributed by atoms with E-state index in [1.54, 1.807) is 19.2 Å². The fourth-order valence-electron chi connectivity index (χ4n) is 3.21. The van der Waals surface area contributed by atoms with Gasteiger partial charge >= 0.3 is 0 Å². The third-order valence-electron chi connectivity index (χ3n) is 3.99. The molecule has 3 nitrogen and oxygen atoms in total. The third kappa shape index (κ3) is 3.66. The second-order valence-electron chi connectivity index (χ2n) is 6.03. The molecule has 0 aliphatic heterocycles. The van der Waals surface area contributed by atoms with E-state index in [9.17, 15) is 4.79 Å². The van der Waals surface area contributed by atoms with Crippen molar-refractivity contribution in [3.63, 3.8) is 0 Å². The summed E-state index contributed by atoms with van der Waals surface area (Å²) in [6, 6.07) is 5.81. The van der Waals surface area contributed by atoms with E-state index in [2.05, 4.69) is 24.5 Å². The predicted molar refractivity (Wildman–Crippen MR) is 84.4 cm³/mol. The molecular formula is C16H23ClN2O. The lowest BCUT2D eigenvalue weighted by Crippen LogP contribution is -2.30. The molecule has 1 aromatic carbocycles. The number of amides is 1. The van der Waals surface area contributed by atoms with Crippen LogP contribution in [0.3, 0.4) is 0 Å². The van der Waals surface area contributed by atoms with E-state index in [-0.39, 0.29) is 5.91 Å². The van der Waals surface area contributed by atoms with Crippen LogP contribution in [0.1, 0.15) is 43.5 Å². The molecular weight excluding hydrogens is 272 g/mol. The average molecular weight is 295 g/mol. The molecule has 0 saturated heterocycles. The fraction of sp³-hybridized carbons (Fsp3) is 0.562. The van der Waals surface area contributed by atoms with Crippen molar-refractivity contribution in [3.05, 3.63) is 28.8 Å². The Bertz CT molecular complexity index is 479. The summed E-state index contributed by atoms with van der Waals surface area (Å²) in [4.78, 5) is 11.7. The maximum Gasteiger partial charge on any atom is 0.251 e. The van der Waals surface area contributed by atoms with Gasteiger partial charge in [-0.1, -0.05) is 25.4 Å². The molecule has 0 radical (unpaired) electrons. The first kappa shape index (κ1) is 15.2. The van der Waals surface area contributed by atoms with Crippen molar-refractivity contribution in [3.8, 4) is 0 Å². The quantitative estimate of drug-likeness (QED) is 0.886. The van der Waals surface area contributed by atoms with E-state index in [1.807, 2.05) is 6.07 Å². The molecule has 1 aliphatic rings. The van der Waals surface area contributed by atoms with Gasteiger partial charge in [-0.25, -0.2) is 0 Å². The number of carbonyl (C=O) groups excluding carboxylic acids is 1. The number of anilines is 1. The lowest BCUT2D eigenvalue weighted by Gasteiger charge is -2.32. The van der Waals surface area contributed by atoms with Gasteiger partial charge in [0.1, 0.15) is 0 Å². The zero-order valence-corrected chi connectivity index (χ0v) is 13.1. The van der Waals surface area contributed by atoms with E-state index >= 15 is 0 Å². The molecule has 2 N–H and O–H groups in total. The van der Waals surface area contributed by atoms with Crippen LogP contribution in [0.25, 0.3) is 0 Å². The van der Waals surface area contributed by atoms with Gasteiger partial charge in [0.25, 0.3) is 5.91 Å². The topological polar surface area (TPSA) is 41.1 Å². The van der Waals surface area contributed by atoms with E-state index < -0.39 is 0 Å². The third-order valence-corrected chi connectivity index (χ3v) is 4.32. The van der Waals surface area contributed by atoms with Crippen molar-refractivity contribution in [2.75, 3.05) is 12.4 Å². The summed E-state index contributed by atoms with van der Waals surface area (Å²) in [7, 11) is 1.63. The smallest absolute Gasteiger partial charge is 0.251 e. The van der Waals surface area contributed by atoms with Gasteiger partial charge in [-0.3, -0.25) is 4.79 Å². The molecule has 0 bridgehead atoms. The number of hydrogen-bond donors (Lipinski definition) is 2. The highest BCUT2D eigenvalue weighted by atomic mass is 35.5. The minimum Gasteiger partial charge on any atom is -0.381 e. The lowest BCUT2D eigenvalue weighted by molar-refractivity contribution is 0.0963. The standard InChI is InChI=1S/C16H23ClN2O/c1-10-6-11(2)8-13(7-10)19-15-9-12(16(20)18-3)4-5-14(15)17/h4-5,9-11,13,19H,6-8H2,1-3H3,(H,18,20). The first-order valence-electron chi connectivity index (χ1n) is 7.27. The molecule has 1 aromatic rings. The van der Waals surface area contributed by atoms with Crippen molar-refractivity contribution >= 4 is 23.2 Å². The summed E-state index contributed by atoms with van der Waals surface area (Å²) in [6.07, 6.45) is 3.61. The molecule has 4 heteroatoms. The van der Waals surface area contributed by atoms with Crippen molar-refractivity contribution < 1.29 is 4.79 Å². The molecule has 2 rings (SSSR count). The Kier molecular flexibility index (Phi) is 4.92. The summed E-state index contributed by atoms with van der Waals surface area (Å²) in [5, 5.41) is 6.82. The molecule has 1 aliphatic carbocycles. The number of rotatable bonds is 3. The van der Waals surface area contributed by atoms with Crippen LogP contribution in [0.15, 0.2) is 18.2 Å². The highest BCUT2D eigenvalue weighted by Crippen LogP contribution is 2.32. The van der Waals surface area contributed by atoms with Gasteiger partial charge < -0.3 is 10.6 Å². The van der Waals surface area contributed by atoms with Gasteiger partial charge in [0.2, 0.25) is 0 Å². The van der Waals surface area contributed by atoms with Crippen LogP contribution in [-0.2, 0) is 0 Å². The van der Waals surface area contributed by atoms with E-state index in [0.29, 0.717) is 16.6 Å². The van der Waals surface area contributed by atoms with Gasteiger partial charge in [0.05, 0.1) is 10.7 Å². The SMILES string of the molecule is CNC(=O)c1ccc(Cl)c(NC2CC(C)CC(C)C2)c1. The van der Waals surface area contributed by atoms with Crippen molar-refractivity contribution in [2.45, 2.75) is 39.2 Å². The van der Waals surface area contributed by atoms with E-state index in [4.69, 9.17) is 11.6 Å². The number of carbonyl (C=O) groups is 1. The molecule has 2 unspecified atom stereocenters. The van der Waals surface area contributed by atoms with Crippen LogP contribution in [-0.4, -0.2) is 19.0 Å². The summed E-state index contributed by atoms with van der Waals surface area (Å²) in [5.41, 5.74) is 1.50. The maximum absolute atomic E-state index is 11.7.